The fourth-order valence-electron chi connectivity index (χ4n) is 2.70. The van der Waals surface area contributed by atoms with E-state index in [0.29, 0.717) is 17.5 Å². The lowest BCUT2D eigenvalue weighted by Gasteiger charge is -2.10. The Morgan fingerprint density at radius 1 is 1.19 bits per heavy atom. The largest absolute Gasteiger partial charge is 0.486 e. The number of anilines is 1. The number of nitrogens with two attached hydrogens (primary N) is 1. The molecular formula is C21H22F3N5O2S. The normalized spacial score (nSPS) is 11.6. The number of aromatic nitrogens is 3. The molecule has 0 saturated heterocycles. The van der Waals surface area contributed by atoms with E-state index in [1.807, 2.05) is 24.3 Å². The maximum atomic E-state index is 12.8. The zero-order valence-corrected chi connectivity index (χ0v) is 18.2. The molecule has 11 heteroatoms. The van der Waals surface area contributed by atoms with E-state index in [-0.39, 0.29) is 23.2 Å². The number of nitrogens with one attached hydrogen (secondary N) is 1. The van der Waals surface area contributed by atoms with E-state index in [2.05, 4.69) is 29.4 Å². The van der Waals surface area contributed by atoms with Crippen molar-refractivity contribution in [2.24, 2.45) is 0 Å². The fourth-order valence-corrected chi connectivity index (χ4v) is 3.38. The molecule has 0 radical (unpaired) electrons. The van der Waals surface area contributed by atoms with E-state index in [0.717, 1.165) is 23.9 Å². The first-order valence-electron chi connectivity index (χ1n) is 9.65. The first-order valence-corrected chi connectivity index (χ1v) is 10.6. The zero-order chi connectivity index (χ0) is 23.3. The molecule has 7 nitrogen and oxygen atoms in total. The number of hydrogen-bond donors (Lipinski definition) is 2. The van der Waals surface area contributed by atoms with E-state index < -0.39 is 17.6 Å². The van der Waals surface area contributed by atoms with Crippen LogP contribution in [0.5, 0.6) is 5.75 Å². The number of halogens is 3. The van der Waals surface area contributed by atoms with Crippen LogP contribution in [0.1, 0.15) is 36.7 Å². The van der Waals surface area contributed by atoms with Crippen molar-refractivity contribution in [1.82, 2.24) is 14.9 Å². The maximum absolute atomic E-state index is 12.8. The van der Waals surface area contributed by atoms with Crippen molar-refractivity contribution in [2.75, 3.05) is 16.9 Å². The highest BCUT2D eigenvalue weighted by Crippen LogP contribution is 2.30. The van der Waals surface area contributed by atoms with Gasteiger partial charge in [-0.05, 0) is 41.8 Å². The molecule has 3 rings (SSSR count). The molecule has 0 aliphatic heterocycles. The lowest BCUT2D eigenvalue weighted by atomic mass is 10.0. The number of ether oxygens (including phenoxy) is 1. The number of thioether (sulfide) groups is 1. The average Bonchev–Trinajstić information content (AvgIpc) is 3.10. The minimum absolute atomic E-state index is 0.0530. The summed E-state index contributed by atoms with van der Waals surface area (Å²) in [6.07, 6.45) is -4.49. The monoisotopic (exact) mass is 465 g/mol. The maximum Gasteiger partial charge on any atom is 0.416 e. The Hall–Kier alpha value is -3.21. The molecule has 0 atom stereocenters. The summed E-state index contributed by atoms with van der Waals surface area (Å²) in [5.74, 6) is 6.80. The lowest BCUT2D eigenvalue weighted by molar-refractivity contribution is -0.137. The van der Waals surface area contributed by atoms with Crippen LogP contribution in [0.2, 0.25) is 0 Å². The number of hydrogen-bond acceptors (Lipinski definition) is 6. The molecule has 32 heavy (non-hydrogen) atoms. The fraction of sp³-hybridized carbons (Fsp3) is 0.286. The number of benzene rings is 2. The standard InChI is InChI=1S/C21H22F3N5O2S/c1-13(2)14-6-8-17(9-7-14)31-11-18-27-28-20(29(18)25)32-12-19(30)26-16-5-3-4-15(10-16)21(22,23)24/h3-10,13H,11-12,25H2,1-2H3,(H,26,30). The molecule has 0 spiro atoms. The van der Waals surface area contributed by atoms with Gasteiger partial charge in [0, 0.05) is 5.69 Å². The Bertz CT molecular complexity index is 1070. The smallest absolute Gasteiger partial charge is 0.416 e. The quantitative estimate of drug-likeness (QED) is 0.377. The van der Waals surface area contributed by atoms with Gasteiger partial charge in [-0.3, -0.25) is 4.79 Å². The molecule has 1 heterocycles. The van der Waals surface area contributed by atoms with Gasteiger partial charge in [0.2, 0.25) is 11.1 Å². The Morgan fingerprint density at radius 2 is 1.91 bits per heavy atom. The molecule has 0 saturated carbocycles. The predicted octanol–water partition coefficient (Wildman–Crippen LogP) is 4.44. The topological polar surface area (TPSA) is 95.1 Å². The lowest BCUT2D eigenvalue weighted by Crippen LogP contribution is -2.18. The highest BCUT2D eigenvalue weighted by Gasteiger charge is 2.30. The van der Waals surface area contributed by atoms with E-state index in [1.165, 1.54) is 22.4 Å². The van der Waals surface area contributed by atoms with Crippen LogP contribution >= 0.6 is 11.8 Å². The Balaban J connectivity index is 1.52. The van der Waals surface area contributed by atoms with E-state index >= 15 is 0 Å². The summed E-state index contributed by atoms with van der Waals surface area (Å²) in [6.45, 7) is 4.29. The van der Waals surface area contributed by atoms with Gasteiger partial charge in [-0.15, -0.1) is 10.2 Å². The van der Waals surface area contributed by atoms with Crippen molar-refractivity contribution in [3.05, 3.63) is 65.5 Å². The summed E-state index contributed by atoms with van der Waals surface area (Å²) >= 11 is 1.01. The van der Waals surface area contributed by atoms with Crippen molar-refractivity contribution in [3.63, 3.8) is 0 Å². The van der Waals surface area contributed by atoms with Crippen LogP contribution in [-0.2, 0) is 17.6 Å². The van der Waals surface area contributed by atoms with Crippen LogP contribution in [0.25, 0.3) is 0 Å². The minimum atomic E-state index is -4.49. The van der Waals surface area contributed by atoms with E-state index in [4.69, 9.17) is 10.6 Å². The van der Waals surface area contributed by atoms with Gasteiger partial charge < -0.3 is 15.9 Å². The molecule has 2 aromatic carbocycles. The summed E-state index contributed by atoms with van der Waals surface area (Å²) < 4.78 is 45.2. The summed E-state index contributed by atoms with van der Waals surface area (Å²) in [4.78, 5) is 12.1. The summed E-state index contributed by atoms with van der Waals surface area (Å²) in [5.41, 5.74) is 0.409. The van der Waals surface area contributed by atoms with Crippen molar-refractivity contribution < 1.29 is 22.7 Å². The van der Waals surface area contributed by atoms with Crippen LogP contribution in [-0.4, -0.2) is 26.5 Å². The van der Waals surface area contributed by atoms with E-state index in [1.54, 1.807) is 0 Å². The molecule has 1 aromatic heterocycles. The van der Waals surface area contributed by atoms with Crippen molar-refractivity contribution in [1.29, 1.82) is 0 Å². The Kier molecular flexibility index (Phi) is 7.29. The van der Waals surface area contributed by atoms with Gasteiger partial charge in [0.05, 0.1) is 11.3 Å². The predicted molar refractivity (Wildman–Crippen MR) is 116 cm³/mol. The van der Waals surface area contributed by atoms with Gasteiger partial charge in [-0.2, -0.15) is 13.2 Å². The SMILES string of the molecule is CC(C)c1ccc(OCc2nnc(SCC(=O)Nc3cccc(C(F)(F)F)c3)n2N)cc1. The third-order valence-corrected chi connectivity index (χ3v) is 5.40. The van der Waals surface area contributed by atoms with Crippen LogP contribution in [0.3, 0.4) is 0 Å². The van der Waals surface area contributed by atoms with E-state index in [9.17, 15) is 18.0 Å². The number of carbonyl (C=O) groups excluding carboxylic acids is 1. The number of nitrogen functional groups attached to an aromatic ring is 1. The number of nitrogens with zero attached hydrogens (tertiary/aromatic N) is 3. The van der Waals surface area contributed by atoms with Gasteiger partial charge >= 0.3 is 6.18 Å². The van der Waals surface area contributed by atoms with Crippen LogP contribution in [0.4, 0.5) is 18.9 Å². The molecule has 0 fully saturated rings. The molecule has 170 valence electrons. The molecule has 0 aliphatic carbocycles. The Morgan fingerprint density at radius 3 is 2.56 bits per heavy atom. The summed E-state index contributed by atoms with van der Waals surface area (Å²) in [6, 6.07) is 12.1. The van der Waals surface area contributed by atoms with Gasteiger partial charge in [-0.25, -0.2) is 4.68 Å². The Labute approximate surface area is 187 Å². The van der Waals surface area contributed by atoms with Crippen LogP contribution < -0.4 is 15.9 Å². The van der Waals surface area contributed by atoms with Gasteiger partial charge in [-0.1, -0.05) is 43.8 Å². The number of alkyl halides is 3. The first kappa shape index (κ1) is 23.5. The zero-order valence-electron chi connectivity index (χ0n) is 17.4. The molecule has 0 aliphatic rings. The molecule has 0 bridgehead atoms. The van der Waals surface area contributed by atoms with Gasteiger partial charge in [0.25, 0.3) is 0 Å². The third-order valence-electron chi connectivity index (χ3n) is 4.46. The van der Waals surface area contributed by atoms with Crippen molar-refractivity contribution in [3.8, 4) is 5.75 Å². The number of carbonyl (C=O) groups is 1. The molecule has 3 aromatic rings. The number of rotatable bonds is 8. The van der Waals surface area contributed by atoms with Gasteiger partial charge in [0.1, 0.15) is 12.4 Å². The molecule has 3 N–H and O–H groups in total. The van der Waals surface area contributed by atoms with Crippen molar-refractivity contribution >= 4 is 23.4 Å². The van der Waals surface area contributed by atoms with Crippen LogP contribution in [0.15, 0.2) is 53.7 Å². The minimum Gasteiger partial charge on any atom is -0.486 e. The molecule has 0 unspecified atom stereocenters. The molecule has 1 amide bonds. The third kappa shape index (κ3) is 6.16. The number of amides is 1. The first-order chi connectivity index (χ1) is 15.1. The highest BCUT2D eigenvalue weighted by atomic mass is 32.2. The second kappa shape index (κ2) is 9.94. The second-order valence-corrected chi connectivity index (χ2v) is 8.14. The van der Waals surface area contributed by atoms with Crippen molar-refractivity contribution in [2.45, 2.75) is 37.7 Å². The van der Waals surface area contributed by atoms with Gasteiger partial charge in [0.15, 0.2) is 5.82 Å². The summed E-state index contributed by atoms with van der Waals surface area (Å²) in [5, 5.41) is 10.6. The summed E-state index contributed by atoms with van der Waals surface area (Å²) in [7, 11) is 0. The molecular weight excluding hydrogens is 443 g/mol. The van der Waals surface area contributed by atoms with Crippen LogP contribution in [0, 0.1) is 0 Å². The highest BCUT2D eigenvalue weighted by molar-refractivity contribution is 7.99. The average molecular weight is 466 g/mol. The second-order valence-electron chi connectivity index (χ2n) is 7.20.